The van der Waals surface area contributed by atoms with E-state index in [1.807, 2.05) is 5.06 Å². The van der Waals surface area contributed by atoms with Crippen LogP contribution in [0.25, 0.3) is 0 Å². The van der Waals surface area contributed by atoms with Gasteiger partial charge in [0.2, 0.25) is 0 Å². The Hall–Kier alpha value is -1.57. The predicted molar refractivity (Wildman–Crippen MR) is 66.1 cm³/mol. The van der Waals surface area contributed by atoms with Crippen LogP contribution >= 0.6 is 0 Å². The molecule has 4 atom stereocenters. The van der Waals surface area contributed by atoms with Crippen molar-refractivity contribution in [2.45, 2.75) is 6.42 Å². The van der Waals surface area contributed by atoms with E-state index in [0.29, 0.717) is 29.2 Å². The van der Waals surface area contributed by atoms with Gasteiger partial charge in [0, 0.05) is 13.1 Å². The first kappa shape index (κ1) is 10.4. The minimum Gasteiger partial charge on any atom is -0.363 e. The third-order valence-corrected chi connectivity index (χ3v) is 4.66. The van der Waals surface area contributed by atoms with E-state index in [-0.39, 0.29) is 5.97 Å². The monoisotopic (exact) mass is 241 g/mol. The molecule has 3 heteroatoms. The maximum Gasteiger partial charge on any atom is 0.364 e. The van der Waals surface area contributed by atoms with Crippen LogP contribution < -0.4 is 0 Å². The predicted octanol–water partition coefficient (Wildman–Crippen LogP) is 1.85. The van der Waals surface area contributed by atoms with Gasteiger partial charge in [-0.1, -0.05) is 18.2 Å². The van der Waals surface area contributed by atoms with E-state index in [2.05, 4.69) is 17.9 Å². The lowest BCUT2D eigenvalue weighted by molar-refractivity contribution is -0.181. The molecule has 18 heavy (non-hydrogen) atoms. The number of rotatable bonds is 2. The molecular weight excluding hydrogens is 226 g/mol. The Morgan fingerprint density at radius 3 is 2.61 bits per heavy atom. The molecule has 92 valence electrons. The largest absolute Gasteiger partial charge is 0.364 e. The smallest absolute Gasteiger partial charge is 0.363 e. The lowest BCUT2D eigenvalue weighted by Crippen LogP contribution is -2.27. The average molecular weight is 241 g/mol. The third-order valence-electron chi connectivity index (χ3n) is 4.66. The van der Waals surface area contributed by atoms with Crippen LogP contribution in [0.2, 0.25) is 0 Å². The molecule has 0 aromatic rings. The molecule has 3 aliphatic carbocycles. The number of carbonyl (C=O) groups excluding carboxylic acids is 1. The van der Waals surface area contributed by atoms with E-state index in [1.54, 1.807) is 18.2 Å². The second-order valence-corrected chi connectivity index (χ2v) is 5.59. The van der Waals surface area contributed by atoms with Crippen LogP contribution in [0.3, 0.4) is 0 Å². The number of carbonyl (C=O) groups is 1. The van der Waals surface area contributed by atoms with Crippen LogP contribution in [-0.4, -0.2) is 24.1 Å². The van der Waals surface area contributed by atoms with Crippen molar-refractivity contribution in [3.8, 4) is 0 Å². The Kier molecular flexibility index (Phi) is 2.14. The van der Waals surface area contributed by atoms with Crippen LogP contribution in [0.1, 0.15) is 6.42 Å². The highest BCUT2D eigenvalue weighted by Crippen LogP contribution is 2.51. The lowest BCUT2D eigenvalue weighted by atomic mass is 9.86. The van der Waals surface area contributed by atoms with Gasteiger partial charge >= 0.3 is 5.97 Å². The molecule has 2 fully saturated rings. The Balaban J connectivity index is 1.43. The van der Waals surface area contributed by atoms with Gasteiger partial charge in [-0.15, -0.1) is 10.8 Å². The third kappa shape index (κ3) is 1.45. The van der Waals surface area contributed by atoms with Crippen molar-refractivity contribution < 1.29 is 9.63 Å². The van der Waals surface area contributed by atoms with Crippen LogP contribution in [0.4, 0.5) is 0 Å². The topological polar surface area (TPSA) is 29.5 Å². The van der Waals surface area contributed by atoms with E-state index in [4.69, 9.17) is 4.84 Å². The molecule has 0 spiro atoms. The summed E-state index contributed by atoms with van der Waals surface area (Å²) < 4.78 is 0. The highest BCUT2D eigenvalue weighted by atomic mass is 16.7. The Morgan fingerprint density at radius 2 is 2.00 bits per heavy atom. The van der Waals surface area contributed by atoms with Gasteiger partial charge in [0.05, 0.1) is 0 Å². The average Bonchev–Trinajstić information content (AvgIpc) is 3.11. The van der Waals surface area contributed by atoms with Gasteiger partial charge in [0.1, 0.15) is 5.57 Å². The van der Waals surface area contributed by atoms with Gasteiger partial charge in [-0.3, -0.25) is 0 Å². The SMILES string of the molecule is O=C(ON1C[C@@H]2[C@H](C1)[C@@H]1C=C[C@H]2C1)C1=C=CC=C1. The summed E-state index contributed by atoms with van der Waals surface area (Å²) in [4.78, 5) is 17.3. The van der Waals surface area contributed by atoms with E-state index >= 15 is 0 Å². The first-order valence-electron chi connectivity index (χ1n) is 6.60. The van der Waals surface area contributed by atoms with Gasteiger partial charge < -0.3 is 4.84 Å². The highest BCUT2D eigenvalue weighted by molar-refractivity contribution is 5.91. The number of hydrogen-bond donors (Lipinski definition) is 0. The van der Waals surface area contributed by atoms with Crippen LogP contribution in [0, 0.1) is 23.7 Å². The number of allylic oxidation sites excluding steroid dienone is 3. The van der Waals surface area contributed by atoms with Gasteiger partial charge in [-0.25, -0.2) is 4.79 Å². The van der Waals surface area contributed by atoms with Gasteiger partial charge in [0.25, 0.3) is 0 Å². The second-order valence-electron chi connectivity index (χ2n) is 5.59. The molecule has 1 heterocycles. The number of fused-ring (bicyclic) bond motifs is 5. The Labute approximate surface area is 106 Å². The molecule has 0 unspecified atom stereocenters. The fraction of sp³-hybridized carbons (Fsp3) is 0.467. The van der Waals surface area contributed by atoms with E-state index < -0.39 is 0 Å². The molecule has 1 saturated carbocycles. The Bertz CT molecular complexity index is 505. The summed E-state index contributed by atoms with van der Waals surface area (Å²) in [6.07, 6.45) is 11.3. The summed E-state index contributed by atoms with van der Waals surface area (Å²) in [6, 6.07) is 0. The quantitative estimate of drug-likeness (QED) is 0.546. The molecule has 0 aromatic carbocycles. The first-order valence-corrected chi connectivity index (χ1v) is 6.60. The summed E-state index contributed by atoms with van der Waals surface area (Å²) in [5.74, 6) is 2.54. The molecule has 3 nitrogen and oxygen atoms in total. The molecule has 0 amide bonds. The number of hydroxylamine groups is 2. The molecule has 4 rings (SSSR count). The molecule has 1 aliphatic heterocycles. The van der Waals surface area contributed by atoms with Gasteiger partial charge in [0.15, 0.2) is 0 Å². The molecule has 2 bridgehead atoms. The lowest BCUT2D eigenvalue weighted by Gasteiger charge is -2.17. The second kappa shape index (κ2) is 3.71. The molecule has 4 aliphatic rings. The summed E-state index contributed by atoms with van der Waals surface area (Å²) >= 11 is 0. The summed E-state index contributed by atoms with van der Waals surface area (Å²) in [7, 11) is 0. The van der Waals surface area contributed by atoms with Crippen molar-refractivity contribution in [3.63, 3.8) is 0 Å². The molecule has 0 radical (unpaired) electrons. The van der Waals surface area contributed by atoms with Gasteiger partial charge in [-0.05, 0) is 42.2 Å². The summed E-state index contributed by atoms with van der Waals surface area (Å²) in [5.41, 5.74) is 3.40. The van der Waals surface area contributed by atoms with Crippen molar-refractivity contribution in [3.05, 3.63) is 41.7 Å². The normalized spacial score (nSPS) is 39.4. The van der Waals surface area contributed by atoms with Gasteiger partial charge in [-0.2, -0.15) is 0 Å². The van der Waals surface area contributed by atoms with Crippen LogP contribution in [0.5, 0.6) is 0 Å². The van der Waals surface area contributed by atoms with Crippen molar-refractivity contribution >= 4 is 5.97 Å². The zero-order chi connectivity index (χ0) is 12.1. The highest BCUT2D eigenvalue weighted by Gasteiger charge is 2.50. The standard InChI is InChI=1S/C15H15NO2/c17-15(10-3-1-2-4-10)18-16-8-13-11-5-6-12(7-11)14(13)9-16/h1-3,5-6,11-14H,7-9H2/t11-,12+,13-,14+. The zero-order valence-electron chi connectivity index (χ0n) is 10.1. The minimum atomic E-state index is -0.278. The van der Waals surface area contributed by atoms with E-state index in [0.717, 1.165) is 13.1 Å². The summed E-state index contributed by atoms with van der Waals surface area (Å²) in [6.45, 7) is 1.78. The maximum absolute atomic E-state index is 11.8. The fourth-order valence-corrected chi connectivity index (χ4v) is 3.81. The van der Waals surface area contributed by atoms with Crippen molar-refractivity contribution in [2.24, 2.45) is 23.7 Å². The zero-order valence-corrected chi connectivity index (χ0v) is 10.1. The summed E-state index contributed by atoms with van der Waals surface area (Å²) in [5, 5.41) is 1.85. The van der Waals surface area contributed by atoms with Crippen molar-refractivity contribution in [1.29, 1.82) is 0 Å². The minimum absolute atomic E-state index is 0.278. The molecule has 1 saturated heterocycles. The molecular formula is C15H15NO2. The number of hydrogen-bond acceptors (Lipinski definition) is 3. The van der Waals surface area contributed by atoms with Crippen LogP contribution in [-0.2, 0) is 9.63 Å². The molecule has 0 aromatic heterocycles. The van der Waals surface area contributed by atoms with E-state index in [9.17, 15) is 4.79 Å². The number of nitrogens with zero attached hydrogens (tertiary/aromatic N) is 1. The maximum atomic E-state index is 11.8. The van der Waals surface area contributed by atoms with Crippen molar-refractivity contribution in [1.82, 2.24) is 5.06 Å². The molecule has 0 N–H and O–H groups in total. The fourth-order valence-electron chi connectivity index (χ4n) is 3.81. The first-order chi connectivity index (χ1) is 8.81. The Morgan fingerprint density at radius 1 is 1.28 bits per heavy atom. The van der Waals surface area contributed by atoms with E-state index in [1.165, 1.54) is 6.42 Å². The van der Waals surface area contributed by atoms with Crippen LogP contribution in [0.15, 0.2) is 41.7 Å². The van der Waals surface area contributed by atoms with Crippen molar-refractivity contribution in [2.75, 3.05) is 13.1 Å².